The van der Waals surface area contributed by atoms with Crippen LogP contribution in [0.3, 0.4) is 0 Å². The van der Waals surface area contributed by atoms with Crippen molar-refractivity contribution in [3.63, 3.8) is 0 Å². The number of aliphatic hydroxyl groups excluding tert-OH is 1. The summed E-state index contributed by atoms with van der Waals surface area (Å²) in [6, 6.07) is 0. The largest absolute Gasteiger partial charge is 0.378 e. The Balaban J connectivity index is 1.65. The molecule has 0 bridgehead atoms. The molecule has 1 unspecified atom stereocenters. The van der Waals surface area contributed by atoms with Gasteiger partial charge in [-0.15, -0.1) is 0 Å². The molecule has 0 radical (unpaired) electrons. The lowest BCUT2D eigenvalue weighted by Crippen LogP contribution is -2.46. The summed E-state index contributed by atoms with van der Waals surface area (Å²) in [6.45, 7) is 7.76. The number of nitrogens with zero attached hydrogens (tertiary/aromatic N) is 2. The molecule has 0 spiro atoms. The number of rotatable bonds is 3. The van der Waals surface area contributed by atoms with Crippen LogP contribution in [0, 0.1) is 0 Å². The van der Waals surface area contributed by atoms with Gasteiger partial charge in [0.25, 0.3) is 0 Å². The van der Waals surface area contributed by atoms with Gasteiger partial charge in [0.05, 0.1) is 0 Å². The third kappa shape index (κ3) is 2.67. The van der Waals surface area contributed by atoms with Gasteiger partial charge in [-0.2, -0.15) is 0 Å². The summed E-state index contributed by atoms with van der Waals surface area (Å²) in [5.41, 5.74) is 0. The Labute approximate surface area is 85.9 Å². The summed E-state index contributed by atoms with van der Waals surface area (Å²) in [5, 5.41) is 13.0. The lowest BCUT2D eigenvalue weighted by atomic mass is 10.3. The van der Waals surface area contributed by atoms with Crippen molar-refractivity contribution in [2.75, 3.05) is 45.8 Å². The van der Waals surface area contributed by atoms with Crippen LogP contribution in [-0.4, -0.2) is 66.9 Å². The Kier molecular flexibility index (Phi) is 3.75. The zero-order chi connectivity index (χ0) is 9.80. The lowest BCUT2D eigenvalue weighted by Gasteiger charge is -2.29. The Bertz CT molecular complexity index is 171. The molecule has 0 aromatic rings. The van der Waals surface area contributed by atoms with Crippen LogP contribution in [0.25, 0.3) is 0 Å². The van der Waals surface area contributed by atoms with Gasteiger partial charge in [-0.25, -0.2) is 0 Å². The average Bonchev–Trinajstić information content (AvgIpc) is 2.63. The van der Waals surface area contributed by atoms with Gasteiger partial charge in [-0.05, 0) is 12.8 Å². The first-order chi connectivity index (χ1) is 6.86. The fourth-order valence-corrected chi connectivity index (χ4v) is 2.27. The molecule has 14 heavy (non-hydrogen) atoms. The second-order valence-electron chi connectivity index (χ2n) is 4.25. The van der Waals surface area contributed by atoms with E-state index in [2.05, 4.69) is 15.1 Å². The Morgan fingerprint density at radius 1 is 1.14 bits per heavy atom. The van der Waals surface area contributed by atoms with Gasteiger partial charge >= 0.3 is 0 Å². The topological polar surface area (TPSA) is 38.7 Å². The number of nitrogens with one attached hydrogen (secondary N) is 1. The molecule has 2 fully saturated rings. The van der Waals surface area contributed by atoms with Crippen LogP contribution in [0.5, 0.6) is 0 Å². The predicted octanol–water partition coefficient (Wildman–Crippen LogP) is -0.694. The molecule has 0 aromatic carbocycles. The monoisotopic (exact) mass is 199 g/mol. The van der Waals surface area contributed by atoms with Gasteiger partial charge in [0, 0.05) is 45.8 Å². The normalized spacial score (nSPS) is 31.1. The van der Waals surface area contributed by atoms with E-state index in [0.717, 1.165) is 58.7 Å². The number of piperazine rings is 1. The first-order valence-corrected chi connectivity index (χ1v) is 5.71. The molecular weight excluding hydrogens is 178 g/mol. The third-order valence-electron chi connectivity index (χ3n) is 3.24. The predicted molar refractivity (Wildman–Crippen MR) is 56.1 cm³/mol. The summed E-state index contributed by atoms with van der Waals surface area (Å²) in [4.78, 5) is 4.67. The van der Waals surface area contributed by atoms with Crippen molar-refractivity contribution in [3.05, 3.63) is 0 Å². The first kappa shape index (κ1) is 10.4. The molecule has 4 nitrogen and oxygen atoms in total. The number of hydrogen-bond donors (Lipinski definition) is 2. The third-order valence-corrected chi connectivity index (χ3v) is 3.24. The van der Waals surface area contributed by atoms with E-state index in [9.17, 15) is 5.11 Å². The highest BCUT2D eigenvalue weighted by Crippen LogP contribution is 2.13. The molecule has 0 aliphatic carbocycles. The first-order valence-electron chi connectivity index (χ1n) is 5.71. The Hall–Kier alpha value is -0.160. The Morgan fingerprint density at radius 3 is 2.57 bits per heavy atom. The van der Waals surface area contributed by atoms with E-state index in [-0.39, 0.29) is 6.23 Å². The van der Waals surface area contributed by atoms with E-state index < -0.39 is 0 Å². The molecular formula is C10H21N3O. The van der Waals surface area contributed by atoms with E-state index in [1.807, 2.05) is 0 Å². The number of likely N-dealkylation sites (tertiary alicyclic amines) is 1. The summed E-state index contributed by atoms with van der Waals surface area (Å²) < 4.78 is 0. The fourth-order valence-electron chi connectivity index (χ4n) is 2.27. The smallest absolute Gasteiger partial charge is 0.107 e. The molecule has 2 aliphatic heterocycles. The molecule has 0 amide bonds. The van der Waals surface area contributed by atoms with Crippen LogP contribution in [0.1, 0.15) is 12.8 Å². The number of hydrogen-bond acceptors (Lipinski definition) is 4. The van der Waals surface area contributed by atoms with E-state index in [4.69, 9.17) is 0 Å². The van der Waals surface area contributed by atoms with Crippen molar-refractivity contribution in [1.29, 1.82) is 0 Å². The second kappa shape index (κ2) is 5.07. The SMILES string of the molecule is OC1CCCN1CCN1CCNCC1. The molecule has 0 saturated carbocycles. The lowest BCUT2D eigenvalue weighted by molar-refractivity contribution is 0.0309. The molecule has 82 valence electrons. The summed E-state index contributed by atoms with van der Waals surface area (Å²) in [5.74, 6) is 0. The fraction of sp³-hybridized carbons (Fsp3) is 1.00. The van der Waals surface area contributed by atoms with Crippen LogP contribution >= 0.6 is 0 Å². The van der Waals surface area contributed by atoms with Crippen molar-refractivity contribution < 1.29 is 5.11 Å². The van der Waals surface area contributed by atoms with Crippen LogP contribution < -0.4 is 5.32 Å². The van der Waals surface area contributed by atoms with Gasteiger partial charge in [0.2, 0.25) is 0 Å². The van der Waals surface area contributed by atoms with E-state index >= 15 is 0 Å². The number of aliphatic hydroxyl groups is 1. The molecule has 2 rings (SSSR count). The Morgan fingerprint density at radius 2 is 1.93 bits per heavy atom. The van der Waals surface area contributed by atoms with Crippen LogP contribution in [0.4, 0.5) is 0 Å². The highest BCUT2D eigenvalue weighted by atomic mass is 16.3. The molecule has 1 atom stereocenters. The quantitative estimate of drug-likeness (QED) is 0.631. The van der Waals surface area contributed by atoms with Crippen LogP contribution in [0.2, 0.25) is 0 Å². The maximum absolute atomic E-state index is 9.61. The van der Waals surface area contributed by atoms with Crippen molar-refractivity contribution in [2.45, 2.75) is 19.1 Å². The summed E-state index contributed by atoms with van der Waals surface area (Å²) in [7, 11) is 0. The van der Waals surface area contributed by atoms with E-state index in [0.29, 0.717) is 0 Å². The van der Waals surface area contributed by atoms with Crippen molar-refractivity contribution in [2.24, 2.45) is 0 Å². The minimum atomic E-state index is -0.169. The average molecular weight is 199 g/mol. The van der Waals surface area contributed by atoms with Gasteiger partial charge in [0.15, 0.2) is 0 Å². The van der Waals surface area contributed by atoms with Crippen molar-refractivity contribution in [3.8, 4) is 0 Å². The van der Waals surface area contributed by atoms with Crippen molar-refractivity contribution >= 4 is 0 Å². The maximum Gasteiger partial charge on any atom is 0.107 e. The zero-order valence-corrected chi connectivity index (χ0v) is 8.78. The maximum atomic E-state index is 9.61. The van der Waals surface area contributed by atoms with E-state index in [1.165, 1.54) is 0 Å². The van der Waals surface area contributed by atoms with Gasteiger partial charge in [-0.1, -0.05) is 0 Å². The van der Waals surface area contributed by atoms with Crippen LogP contribution in [-0.2, 0) is 0 Å². The standard InChI is InChI=1S/C10H21N3O/c14-10-2-1-5-13(10)9-8-12-6-3-11-4-7-12/h10-11,14H,1-9H2. The minimum absolute atomic E-state index is 0.169. The zero-order valence-electron chi connectivity index (χ0n) is 8.78. The molecule has 2 heterocycles. The highest BCUT2D eigenvalue weighted by Gasteiger charge is 2.22. The summed E-state index contributed by atoms with van der Waals surface area (Å²) >= 11 is 0. The van der Waals surface area contributed by atoms with Gasteiger partial charge in [-0.3, -0.25) is 9.80 Å². The second-order valence-corrected chi connectivity index (χ2v) is 4.25. The van der Waals surface area contributed by atoms with E-state index in [1.54, 1.807) is 0 Å². The molecule has 2 saturated heterocycles. The summed E-state index contributed by atoms with van der Waals surface area (Å²) in [6.07, 6.45) is 1.95. The van der Waals surface area contributed by atoms with Gasteiger partial charge in [0.1, 0.15) is 6.23 Å². The van der Waals surface area contributed by atoms with Crippen LogP contribution in [0.15, 0.2) is 0 Å². The van der Waals surface area contributed by atoms with Gasteiger partial charge < -0.3 is 10.4 Å². The molecule has 4 heteroatoms. The highest BCUT2D eigenvalue weighted by molar-refractivity contribution is 4.74. The van der Waals surface area contributed by atoms with Crippen molar-refractivity contribution in [1.82, 2.24) is 15.1 Å². The molecule has 2 N–H and O–H groups in total. The molecule has 0 aromatic heterocycles. The molecule has 2 aliphatic rings. The minimum Gasteiger partial charge on any atom is -0.378 e.